The standard InChI is InChI=1S/C8H9N3O/c1-12-5-7-10-4-6-2-3-9-8(6)11-7/h2-4H,5H2,1H3,(H,9,10,11). The largest absolute Gasteiger partial charge is 0.377 e. The summed E-state index contributed by atoms with van der Waals surface area (Å²) in [6, 6.07) is 1.94. The lowest BCUT2D eigenvalue weighted by molar-refractivity contribution is 0.178. The molecule has 4 nitrogen and oxygen atoms in total. The van der Waals surface area contributed by atoms with Gasteiger partial charge in [0.15, 0.2) is 5.82 Å². The van der Waals surface area contributed by atoms with Gasteiger partial charge in [-0.15, -0.1) is 0 Å². The van der Waals surface area contributed by atoms with Crippen molar-refractivity contribution < 1.29 is 4.74 Å². The summed E-state index contributed by atoms with van der Waals surface area (Å²) in [7, 11) is 1.63. The van der Waals surface area contributed by atoms with Gasteiger partial charge in [-0.1, -0.05) is 0 Å². The van der Waals surface area contributed by atoms with Crippen LogP contribution in [0.1, 0.15) is 5.82 Å². The Morgan fingerprint density at radius 3 is 3.33 bits per heavy atom. The van der Waals surface area contributed by atoms with E-state index in [0.29, 0.717) is 12.4 Å². The van der Waals surface area contributed by atoms with Crippen molar-refractivity contribution in [2.45, 2.75) is 6.61 Å². The fourth-order valence-corrected chi connectivity index (χ4v) is 1.07. The highest BCUT2D eigenvalue weighted by atomic mass is 16.5. The molecule has 0 aliphatic carbocycles. The Morgan fingerprint density at radius 1 is 1.58 bits per heavy atom. The first kappa shape index (κ1) is 7.24. The van der Waals surface area contributed by atoms with Crippen molar-refractivity contribution in [3.05, 3.63) is 24.3 Å². The summed E-state index contributed by atoms with van der Waals surface area (Å²) >= 11 is 0. The van der Waals surface area contributed by atoms with Gasteiger partial charge in [0.05, 0.1) is 0 Å². The van der Waals surface area contributed by atoms with Crippen molar-refractivity contribution in [1.82, 2.24) is 15.0 Å². The van der Waals surface area contributed by atoms with E-state index in [4.69, 9.17) is 4.74 Å². The van der Waals surface area contributed by atoms with E-state index in [1.807, 2.05) is 12.3 Å². The minimum atomic E-state index is 0.453. The smallest absolute Gasteiger partial charge is 0.156 e. The quantitative estimate of drug-likeness (QED) is 0.721. The molecule has 12 heavy (non-hydrogen) atoms. The molecule has 2 heterocycles. The van der Waals surface area contributed by atoms with Gasteiger partial charge < -0.3 is 9.72 Å². The zero-order chi connectivity index (χ0) is 8.39. The zero-order valence-electron chi connectivity index (χ0n) is 6.74. The highest BCUT2D eigenvalue weighted by Gasteiger charge is 1.98. The molecular formula is C8H9N3O. The predicted octanol–water partition coefficient (Wildman–Crippen LogP) is 1.10. The van der Waals surface area contributed by atoms with Crippen LogP contribution in [0.5, 0.6) is 0 Å². The van der Waals surface area contributed by atoms with Crippen molar-refractivity contribution in [2.75, 3.05) is 7.11 Å². The van der Waals surface area contributed by atoms with Crippen molar-refractivity contribution in [2.24, 2.45) is 0 Å². The average molecular weight is 163 g/mol. The van der Waals surface area contributed by atoms with Crippen molar-refractivity contribution >= 4 is 11.0 Å². The lowest BCUT2D eigenvalue weighted by Crippen LogP contribution is -1.95. The normalized spacial score (nSPS) is 10.8. The summed E-state index contributed by atoms with van der Waals surface area (Å²) in [6.45, 7) is 0.453. The Hall–Kier alpha value is -1.42. The summed E-state index contributed by atoms with van der Waals surface area (Å²) in [6.07, 6.45) is 3.63. The third-order valence-corrected chi connectivity index (χ3v) is 1.62. The van der Waals surface area contributed by atoms with Crippen LogP contribution in [0.3, 0.4) is 0 Å². The van der Waals surface area contributed by atoms with Gasteiger partial charge in [0.2, 0.25) is 0 Å². The average Bonchev–Trinajstić information content (AvgIpc) is 2.51. The van der Waals surface area contributed by atoms with E-state index >= 15 is 0 Å². The van der Waals surface area contributed by atoms with Crippen molar-refractivity contribution in [3.8, 4) is 0 Å². The molecule has 0 saturated heterocycles. The number of fused-ring (bicyclic) bond motifs is 1. The molecule has 0 radical (unpaired) electrons. The van der Waals surface area contributed by atoms with Crippen LogP contribution in [-0.2, 0) is 11.3 Å². The van der Waals surface area contributed by atoms with Crippen LogP contribution in [-0.4, -0.2) is 22.1 Å². The summed E-state index contributed by atoms with van der Waals surface area (Å²) in [5, 5.41) is 1.02. The molecule has 0 amide bonds. The minimum Gasteiger partial charge on any atom is -0.377 e. The van der Waals surface area contributed by atoms with Crippen LogP contribution >= 0.6 is 0 Å². The summed E-state index contributed by atoms with van der Waals surface area (Å²) in [5.41, 5.74) is 0.858. The van der Waals surface area contributed by atoms with E-state index in [0.717, 1.165) is 11.0 Å². The predicted molar refractivity (Wildman–Crippen MR) is 44.6 cm³/mol. The molecule has 2 rings (SSSR count). The number of hydrogen-bond donors (Lipinski definition) is 1. The first-order valence-electron chi connectivity index (χ1n) is 3.68. The van der Waals surface area contributed by atoms with Gasteiger partial charge in [-0.05, 0) is 6.07 Å². The fourth-order valence-electron chi connectivity index (χ4n) is 1.07. The molecular weight excluding hydrogens is 154 g/mol. The number of aromatic nitrogens is 3. The van der Waals surface area contributed by atoms with Crippen LogP contribution in [0.25, 0.3) is 11.0 Å². The van der Waals surface area contributed by atoms with Gasteiger partial charge in [-0.2, -0.15) is 0 Å². The second-order valence-corrected chi connectivity index (χ2v) is 2.50. The molecule has 0 spiro atoms. The topological polar surface area (TPSA) is 50.8 Å². The lowest BCUT2D eigenvalue weighted by atomic mass is 10.4. The second-order valence-electron chi connectivity index (χ2n) is 2.50. The van der Waals surface area contributed by atoms with Gasteiger partial charge >= 0.3 is 0 Å². The Morgan fingerprint density at radius 2 is 2.50 bits per heavy atom. The van der Waals surface area contributed by atoms with Crippen molar-refractivity contribution in [3.63, 3.8) is 0 Å². The maximum atomic E-state index is 4.91. The maximum absolute atomic E-state index is 4.91. The molecule has 0 fully saturated rings. The number of hydrogen-bond acceptors (Lipinski definition) is 3. The third-order valence-electron chi connectivity index (χ3n) is 1.62. The number of aromatic amines is 1. The molecule has 0 aromatic carbocycles. The van der Waals surface area contributed by atoms with Gasteiger partial charge in [-0.25, -0.2) is 9.97 Å². The first-order valence-corrected chi connectivity index (χ1v) is 3.68. The molecule has 1 N–H and O–H groups in total. The number of H-pyrrole nitrogens is 1. The summed E-state index contributed by atoms with van der Waals surface area (Å²) < 4.78 is 4.91. The van der Waals surface area contributed by atoms with Crippen LogP contribution in [0.4, 0.5) is 0 Å². The molecule has 0 bridgehead atoms. The molecule has 2 aromatic heterocycles. The molecule has 0 saturated carbocycles. The first-order chi connectivity index (χ1) is 5.90. The maximum Gasteiger partial charge on any atom is 0.156 e. The Labute approximate surface area is 69.6 Å². The van der Waals surface area contributed by atoms with Crippen molar-refractivity contribution in [1.29, 1.82) is 0 Å². The monoisotopic (exact) mass is 163 g/mol. The van der Waals surface area contributed by atoms with E-state index in [1.54, 1.807) is 13.3 Å². The van der Waals surface area contributed by atoms with Crippen LogP contribution in [0.15, 0.2) is 18.5 Å². The van der Waals surface area contributed by atoms with Gasteiger partial charge in [-0.3, -0.25) is 0 Å². The number of nitrogens with one attached hydrogen (secondary N) is 1. The van der Waals surface area contributed by atoms with E-state index in [2.05, 4.69) is 15.0 Å². The third kappa shape index (κ3) is 1.16. The second kappa shape index (κ2) is 2.91. The molecule has 0 unspecified atom stereocenters. The van der Waals surface area contributed by atoms with E-state index in [-0.39, 0.29) is 0 Å². The molecule has 0 atom stereocenters. The number of rotatable bonds is 2. The highest BCUT2D eigenvalue weighted by Crippen LogP contribution is 2.07. The Bertz CT molecular complexity index is 382. The lowest BCUT2D eigenvalue weighted by Gasteiger charge is -1.96. The molecule has 2 aromatic rings. The highest BCUT2D eigenvalue weighted by molar-refractivity contribution is 5.73. The Kier molecular flexibility index (Phi) is 1.75. The zero-order valence-corrected chi connectivity index (χ0v) is 6.74. The van der Waals surface area contributed by atoms with Crippen LogP contribution in [0.2, 0.25) is 0 Å². The summed E-state index contributed by atoms with van der Waals surface area (Å²) in [5.74, 6) is 0.701. The number of ether oxygens (including phenoxy) is 1. The molecule has 0 aliphatic rings. The molecule has 62 valence electrons. The minimum absolute atomic E-state index is 0.453. The number of methoxy groups -OCH3 is 1. The Balaban J connectivity index is 2.46. The fraction of sp³-hybridized carbons (Fsp3) is 0.250. The van der Waals surface area contributed by atoms with E-state index in [1.165, 1.54) is 0 Å². The van der Waals surface area contributed by atoms with Crippen LogP contribution in [0, 0.1) is 0 Å². The SMILES string of the molecule is COCc1ncc2cc[nH]c2n1. The van der Waals surface area contributed by atoms with E-state index in [9.17, 15) is 0 Å². The van der Waals surface area contributed by atoms with Crippen LogP contribution < -0.4 is 0 Å². The molecule has 0 aliphatic heterocycles. The van der Waals surface area contributed by atoms with Gasteiger partial charge in [0.1, 0.15) is 12.3 Å². The molecule has 4 heteroatoms. The van der Waals surface area contributed by atoms with E-state index < -0.39 is 0 Å². The number of nitrogens with zero attached hydrogens (tertiary/aromatic N) is 2. The van der Waals surface area contributed by atoms with Gasteiger partial charge in [0, 0.05) is 24.9 Å². The van der Waals surface area contributed by atoms with Gasteiger partial charge in [0.25, 0.3) is 0 Å². The summed E-state index contributed by atoms with van der Waals surface area (Å²) in [4.78, 5) is 11.4.